The van der Waals surface area contributed by atoms with Crippen molar-refractivity contribution in [2.75, 3.05) is 0 Å². The topological polar surface area (TPSA) is 37.3 Å². The highest BCUT2D eigenvalue weighted by molar-refractivity contribution is 6.01. The molecule has 0 aliphatic rings. The summed E-state index contributed by atoms with van der Waals surface area (Å²) in [5.74, 6) is -0.884. The fraction of sp³-hybridized carbons (Fsp3) is 0.457. The first-order valence-corrected chi connectivity index (χ1v) is 13.4. The minimum Gasteiger partial charge on any atom is -0.478 e. The monoisotopic (exact) mass is 498 g/mol. The quantitative estimate of drug-likeness (QED) is 0.390. The molecule has 0 saturated heterocycles. The molecule has 0 unspecified atom stereocenters. The molecule has 0 fully saturated rings. The van der Waals surface area contributed by atoms with E-state index >= 15 is 0 Å². The molecule has 0 bridgehead atoms. The first-order chi connectivity index (χ1) is 16.8. The van der Waals surface area contributed by atoms with Crippen molar-refractivity contribution in [1.29, 1.82) is 0 Å². The second-order valence-corrected chi connectivity index (χ2v) is 14.5. The second kappa shape index (κ2) is 9.46. The van der Waals surface area contributed by atoms with Crippen LogP contribution in [0.25, 0.3) is 22.3 Å². The molecule has 0 amide bonds. The maximum atomic E-state index is 13.0. The minimum absolute atomic E-state index is 0.0736. The van der Waals surface area contributed by atoms with Crippen LogP contribution in [-0.4, -0.2) is 11.1 Å². The summed E-state index contributed by atoms with van der Waals surface area (Å²) in [6.45, 7) is 26.5. The molecule has 0 heterocycles. The Balaban J connectivity index is 2.75. The second-order valence-electron chi connectivity index (χ2n) is 14.5. The number of rotatable bonds is 3. The van der Waals surface area contributed by atoms with Crippen molar-refractivity contribution in [3.05, 3.63) is 82.4 Å². The predicted molar refractivity (Wildman–Crippen MR) is 159 cm³/mol. The number of hydrogen-bond donors (Lipinski definition) is 1. The predicted octanol–water partition coefficient (Wildman–Crippen LogP) is 9.91. The Bertz CT molecular complexity index is 1310. The van der Waals surface area contributed by atoms with Crippen LogP contribution in [0, 0.1) is 0 Å². The van der Waals surface area contributed by atoms with Gasteiger partial charge in [0.25, 0.3) is 0 Å². The van der Waals surface area contributed by atoms with Crippen molar-refractivity contribution in [2.24, 2.45) is 0 Å². The molecule has 0 radical (unpaired) electrons. The van der Waals surface area contributed by atoms with E-state index in [9.17, 15) is 9.90 Å². The number of carboxylic acid groups (broad SMARTS) is 1. The van der Waals surface area contributed by atoms with Gasteiger partial charge in [-0.3, -0.25) is 0 Å². The van der Waals surface area contributed by atoms with E-state index in [4.69, 9.17) is 0 Å². The SMILES string of the molecule is CC(C)(C)c1ccccc1-c1c(C(=O)O)cc(C(C)(C)C)c(-c2ccccc2C(C)(C)C)c1C(C)(C)C. The lowest BCUT2D eigenvalue weighted by Crippen LogP contribution is -2.25. The lowest BCUT2D eigenvalue weighted by molar-refractivity contribution is 0.0697. The third kappa shape index (κ3) is 5.69. The van der Waals surface area contributed by atoms with Gasteiger partial charge in [0.1, 0.15) is 0 Å². The summed E-state index contributed by atoms with van der Waals surface area (Å²) in [5.41, 5.74) is 8.40. The van der Waals surface area contributed by atoms with Crippen LogP contribution in [0.15, 0.2) is 54.6 Å². The highest BCUT2D eigenvalue weighted by Gasteiger charge is 2.36. The van der Waals surface area contributed by atoms with Gasteiger partial charge in [-0.2, -0.15) is 0 Å². The van der Waals surface area contributed by atoms with Crippen LogP contribution >= 0.6 is 0 Å². The molecule has 0 aromatic heterocycles. The largest absolute Gasteiger partial charge is 0.478 e. The zero-order chi connectivity index (χ0) is 28.1. The molecule has 3 aromatic carbocycles. The Morgan fingerprint density at radius 1 is 0.541 bits per heavy atom. The fourth-order valence-electron chi connectivity index (χ4n) is 5.46. The fourth-order valence-corrected chi connectivity index (χ4v) is 5.46. The van der Waals surface area contributed by atoms with Crippen LogP contribution in [0.1, 0.15) is 116 Å². The Hall–Kier alpha value is -2.87. The molecular formula is C35H46O2. The first kappa shape index (κ1) is 28.7. The molecule has 3 rings (SSSR count). The van der Waals surface area contributed by atoms with Crippen LogP contribution in [-0.2, 0) is 21.7 Å². The smallest absolute Gasteiger partial charge is 0.336 e. The molecule has 0 aliphatic heterocycles. The van der Waals surface area contributed by atoms with E-state index in [1.54, 1.807) is 0 Å². The Morgan fingerprint density at radius 3 is 1.27 bits per heavy atom. The number of aromatic carboxylic acids is 1. The maximum absolute atomic E-state index is 13.0. The summed E-state index contributed by atoms with van der Waals surface area (Å²) in [4.78, 5) is 13.0. The van der Waals surface area contributed by atoms with Gasteiger partial charge in [0.05, 0.1) is 5.56 Å². The number of hydrogen-bond acceptors (Lipinski definition) is 1. The molecule has 0 aliphatic carbocycles. The summed E-state index contributed by atoms with van der Waals surface area (Å²) in [6, 6.07) is 19.0. The van der Waals surface area contributed by atoms with Crippen molar-refractivity contribution < 1.29 is 9.90 Å². The van der Waals surface area contributed by atoms with Gasteiger partial charge in [0.2, 0.25) is 0 Å². The van der Waals surface area contributed by atoms with Crippen LogP contribution < -0.4 is 0 Å². The van der Waals surface area contributed by atoms with Gasteiger partial charge in [-0.25, -0.2) is 4.79 Å². The summed E-state index contributed by atoms with van der Waals surface area (Å²) < 4.78 is 0. The summed E-state index contributed by atoms with van der Waals surface area (Å²) in [7, 11) is 0. The summed E-state index contributed by atoms with van der Waals surface area (Å²) in [5, 5.41) is 10.6. The highest BCUT2D eigenvalue weighted by Crippen LogP contribution is 2.50. The van der Waals surface area contributed by atoms with E-state index in [1.807, 2.05) is 12.1 Å². The Morgan fingerprint density at radius 2 is 0.919 bits per heavy atom. The molecule has 0 saturated carbocycles. The molecule has 3 aromatic rings. The molecule has 2 nitrogen and oxygen atoms in total. The first-order valence-electron chi connectivity index (χ1n) is 13.4. The van der Waals surface area contributed by atoms with E-state index in [0.717, 1.165) is 27.8 Å². The van der Waals surface area contributed by atoms with Gasteiger partial charge < -0.3 is 5.11 Å². The number of carboxylic acids is 1. The summed E-state index contributed by atoms with van der Waals surface area (Å²) in [6.07, 6.45) is 0. The van der Waals surface area contributed by atoms with Crippen LogP contribution in [0.5, 0.6) is 0 Å². The third-order valence-electron chi connectivity index (χ3n) is 7.12. The molecule has 0 atom stereocenters. The number of benzene rings is 3. The maximum Gasteiger partial charge on any atom is 0.336 e. The molecular weight excluding hydrogens is 452 g/mol. The van der Waals surface area contributed by atoms with E-state index in [-0.39, 0.29) is 21.7 Å². The zero-order valence-electron chi connectivity index (χ0n) is 25.1. The molecule has 198 valence electrons. The molecule has 1 N–H and O–H groups in total. The lowest BCUT2D eigenvalue weighted by atomic mass is 9.67. The van der Waals surface area contributed by atoms with Gasteiger partial charge in [0.15, 0.2) is 0 Å². The molecule has 0 spiro atoms. The van der Waals surface area contributed by atoms with Crippen molar-refractivity contribution >= 4 is 5.97 Å². The lowest BCUT2D eigenvalue weighted by Gasteiger charge is -2.36. The van der Waals surface area contributed by atoms with Gasteiger partial charge in [-0.05, 0) is 66.7 Å². The number of carbonyl (C=O) groups is 1. The van der Waals surface area contributed by atoms with Crippen LogP contribution in [0.4, 0.5) is 0 Å². The van der Waals surface area contributed by atoms with Gasteiger partial charge >= 0.3 is 5.97 Å². The van der Waals surface area contributed by atoms with Crippen molar-refractivity contribution in [1.82, 2.24) is 0 Å². The highest BCUT2D eigenvalue weighted by atomic mass is 16.4. The van der Waals surface area contributed by atoms with Crippen LogP contribution in [0.3, 0.4) is 0 Å². The van der Waals surface area contributed by atoms with E-state index in [2.05, 4.69) is 126 Å². The average Bonchev–Trinajstić information content (AvgIpc) is 2.75. The van der Waals surface area contributed by atoms with E-state index in [0.29, 0.717) is 5.56 Å². The minimum atomic E-state index is -0.884. The van der Waals surface area contributed by atoms with E-state index < -0.39 is 5.97 Å². The molecule has 2 heteroatoms. The summed E-state index contributed by atoms with van der Waals surface area (Å²) >= 11 is 0. The van der Waals surface area contributed by atoms with Gasteiger partial charge in [-0.15, -0.1) is 0 Å². The van der Waals surface area contributed by atoms with Crippen molar-refractivity contribution in [2.45, 2.75) is 105 Å². The van der Waals surface area contributed by atoms with E-state index in [1.165, 1.54) is 16.7 Å². The van der Waals surface area contributed by atoms with Crippen molar-refractivity contribution in [3.63, 3.8) is 0 Å². The Kier molecular flexibility index (Phi) is 7.34. The van der Waals surface area contributed by atoms with Gasteiger partial charge in [0, 0.05) is 5.56 Å². The average molecular weight is 499 g/mol. The Labute approximate surface area is 225 Å². The van der Waals surface area contributed by atoms with Crippen LogP contribution in [0.2, 0.25) is 0 Å². The van der Waals surface area contributed by atoms with Crippen molar-refractivity contribution in [3.8, 4) is 22.3 Å². The molecule has 37 heavy (non-hydrogen) atoms. The zero-order valence-corrected chi connectivity index (χ0v) is 25.1. The standard InChI is InChI=1S/C35H46O2/c1-32(2,3)25-19-15-13-17-22(25)28-24(31(36)37)21-27(34(7,8)9)29(30(28)35(10,11)12)23-18-14-16-20-26(23)33(4,5)6/h13-21H,1-12H3,(H,36,37). The van der Waals surface area contributed by atoms with Gasteiger partial charge in [-0.1, -0.05) is 132 Å². The third-order valence-corrected chi connectivity index (χ3v) is 7.12. The normalized spacial score (nSPS) is 13.1.